The van der Waals surface area contributed by atoms with Crippen LogP contribution in [0.1, 0.15) is 35.4 Å². The van der Waals surface area contributed by atoms with Crippen LogP contribution in [0.15, 0.2) is 41.2 Å². The summed E-state index contributed by atoms with van der Waals surface area (Å²) in [5.41, 5.74) is 0.962. The molecule has 0 bridgehead atoms. The van der Waals surface area contributed by atoms with Crippen LogP contribution < -0.4 is 10.9 Å². The van der Waals surface area contributed by atoms with Gasteiger partial charge in [0.15, 0.2) is 0 Å². The summed E-state index contributed by atoms with van der Waals surface area (Å²) in [4.78, 5) is 26.1. The summed E-state index contributed by atoms with van der Waals surface area (Å²) in [5.74, 6) is -0.316. The average Bonchev–Trinajstić information content (AvgIpc) is 2.58. The highest BCUT2D eigenvalue weighted by Crippen LogP contribution is 2.25. The van der Waals surface area contributed by atoms with Crippen LogP contribution in [0.5, 0.6) is 0 Å². The van der Waals surface area contributed by atoms with Gasteiger partial charge in [-0.1, -0.05) is 36.7 Å². The first-order valence-corrected chi connectivity index (χ1v) is 8.59. The summed E-state index contributed by atoms with van der Waals surface area (Å²) in [6.07, 6.45) is 0.771. The molecule has 0 aliphatic rings. The number of rotatable bonds is 7. The fourth-order valence-electron chi connectivity index (χ4n) is 2.54. The molecule has 1 heterocycles. The van der Waals surface area contributed by atoms with Gasteiger partial charge in [-0.25, -0.2) is 4.68 Å². The van der Waals surface area contributed by atoms with Gasteiger partial charge in [-0.2, -0.15) is 5.10 Å². The number of halogens is 1. The second-order valence-electron chi connectivity index (χ2n) is 5.99. The van der Waals surface area contributed by atoms with E-state index in [4.69, 9.17) is 11.6 Å². The van der Waals surface area contributed by atoms with Gasteiger partial charge in [0.25, 0.3) is 11.5 Å². The maximum Gasteiger partial charge on any atom is 0.271 e. The van der Waals surface area contributed by atoms with Gasteiger partial charge in [-0.3, -0.25) is 9.59 Å². The van der Waals surface area contributed by atoms with E-state index in [0.29, 0.717) is 18.1 Å². The molecule has 0 spiro atoms. The highest BCUT2D eigenvalue weighted by molar-refractivity contribution is 6.31. The van der Waals surface area contributed by atoms with Crippen molar-refractivity contribution in [2.45, 2.75) is 25.9 Å². The molecule has 1 N–H and O–H groups in total. The molecule has 0 saturated heterocycles. The topological polar surface area (TPSA) is 67.2 Å². The smallest absolute Gasteiger partial charge is 0.271 e. The number of aryl methyl sites for hydroxylation is 1. The Morgan fingerprint density at radius 1 is 1.28 bits per heavy atom. The van der Waals surface area contributed by atoms with Crippen molar-refractivity contribution >= 4 is 17.5 Å². The molecule has 2 aromatic rings. The third-order valence-electron chi connectivity index (χ3n) is 3.88. The van der Waals surface area contributed by atoms with Gasteiger partial charge in [0.2, 0.25) is 0 Å². The number of carbonyl (C=O) groups is 1. The second kappa shape index (κ2) is 8.78. The Morgan fingerprint density at radius 2 is 2.00 bits per heavy atom. The Labute approximate surface area is 152 Å². The average molecular weight is 363 g/mol. The number of nitrogens with one attached hydrogen (secondary N) is 1. The maximum absolute atomic E-state index is 12.4. The first-order chi connectivity index (χ1) is 11.9. The summed E-state index contributed by atoms with van der Waals surface area (Å²) >= 11 is 6.28. The highest BCUT2D eigenvalue weighted by atomic mass is 35.5. The van der Waals surface area contributed by atoms with E-state index in [-0.39, 0.29) is 23.2 Å². The molecule has 6 nitrogen and oxygen atoms in total. The molecule has 0 radical (unpaired) electrons. The number of carbonyl (C=O) groups excluding carboxylic acids is 1. The van der Waals surface area contributed by atoms with E-state index >= 15 is 0 Å². The molecule has 1 aromatic carbocycles. The lowest BCUT2D eigenvalue weighted by Gasteiger charge is -2.25. The number of aromatic nitrogens is 2. The monoisotopic (exact) mass is 362 g/mol. The zero-order valence-electron chi connectivity index (χ0n) is 14.7. The van der Waals surface area contributed by atoms with E-state index < -0.39 is 0 Å². The number of amides is 1. The van der Waals surface area contributed by atoms with E-state index in [0.717, 1.165) is 12.0 Å². The van der Waals surface area contributed by atoms with Crippen molar-refractivity contribution in [2.75, 3.05) is 20.6 Å². The molecule has 0 aliphatic carbocycles. The Bertz CT molecular complexity index is 789. The van der Waals surface area contributed by atoms with Gasteiger partial charge in [0.1, 0.15) is 5.69 Å². The maximum atomic E-state index is 12.4. The van der Waals surface area contributed by atoms with Crippen LogP contribution in [0, 0.1) is 0 Å². The molecule has 134 valence electrons. The van der Waals surface area contributed by atoms with Crippen LogP contribution in [0.3, 0.4) is 0 Å². The third-order valence-corrected chi connectivity index (χ3v) is 4.22. The predicted molar refractivity (Wildman–Crippen MR) is 99.0 cm³/mol. The molecular weight excluding hydrogens is 340 g/mol. The summed E-state index contributed by atoms with van der Waals surface area (Å²) in [6.45, 7) is 2.82. The third kappa shape index (κ3) is 4.90. The van der Waals surface area contributed by atoms with E-state index in [1.54, 1.807) is 0 Å². The molecule has 7 heteroatoms. The molecule has 25 heavy (non-hydrogen) atoms. The molecule has 1 atom stereocenters. The fourth-order valence-corrected chi connectivity index (χ4v) is 2.80. The Balaban J connectivity index is 2.13. The normalized spacial score (nSPS) is 12.2. The summed E-state index contributed by atoms with van der Waals surface area (Å²) < 4.78 is 1.31. The first kappa shape index (κ1) is 19.1. The van der Waals surface area contributed by atoms with Crippen molar-refractivity contribution in [1.82, 2.24) is 20.0 Å². The molecule has 0 aliphatic heterocycles. The Kier molecular flexibility index (Phi) is 6.73. The molecule has 1 aromatic heterocycles. The summed E-state index contributed by atoms with van der Waals surface area (Å²) in [7, 11) is 3.86. The van der Waals surface area contributed by atoms with Crippen LogP contribution in [0.25, 0.3) is 0 Å². The van der Waals surface area contributed by atoms with Crippen LogP contribution in [0.4, 0.5) is 0 Å². The second-order valence-corrected chi connectivity index (χ2v) is 6.40. The lowest BCUT2D eigenvalue weighted by molar-refractivity contribution is 0.0934. The Hall–Kier alpha value is -2.18. The highest BCUT2D eigenvalue weighted by Gasteiger charge is 2.19. The minimum Gasteiger partial charge on any atom is -0.349 e. The van der Waals surface area contributed by atoms with E-state index in [1.165, 1.54) is 16.8 Å². The van der Waals surface area contributed by atoms with E-state index in [1.807, 2.05) is 50.2 Å². The van der Waals surface area contributed by atoms with Gasteiger partial charge in [-0.05, 0) is 38.2 Å². The lowest BCUT2D eigenvalue weighted by Crippen LogP contribution is -2.36. The number of likely N-dealkylation sites (N-methyl/N-ethyl adjacent to an activating group) is 1. The van der Waals surface area contributed by atoms with Crippen molar-refractivity contribution < 1.29 is 4.79 Å². The largest absolute Gasteiger partial charge is 0.349 e. The first-order valence-electron chi connectivity index (χ1n) is 8.21. The van der Waals surface area contributed by atoms with Crippen LogP contribution >= 0.6 is 11.6 Å². The van der Waals surface area contributed by atoms with Crippen LogP contribution in [-0.4, -0.2) is 41.2 Å². The van der Waals surface area contributed by atoms with E-state index in [9.17, 15) is 9.59 Å². The zero-order valence-corrected chi connectivity index (χ0v) is 15.5. The summed E-state index contributed by atoms with van der Waals surface area (Å²) in [5, 5.41) is 7.66. The van der Waals surface area contributed by atoms with Crippen molar-refractivity contribution in [2.24, 2.45) is 0 Å². The number of nitrogens with zero attached hydrogens (tertiary/aromatic N) is 3. The van der Waals surface area contributed by atoms with E-state index in [2.05, 4.69) is 10.4 Å². The lowest BCUT2D eigenvalue weighted by atomic mass is 10.1. The predicted octanol–water partition coefficient (Wildman–Crippen LogP) is 2.34. The molecular formula is C18H23ClN4O2. The van der Waals surface area contributed by atoms with Gasteiger partial charge in [0, 0.05) is 24.2 Å². The Morgan fingerprint density at radius 3 is 2.64 bits per heavy atom. The van der Waals surface area contributed by atoms with Crippen molar-refractivity contribution in [1.29, 1.82) is 0 Å². The molecule has 0 saturated carbocycles. The number of benzene rings is 1. The molecule has 1 amide bonds. The molecule has 2 rings (SSSR count). The van der Waals surface area contributed by atoms with Gasteiger partial charge in [0.05, 0.1) is 6.04 Å². The van der Waals surface area contributed by atoms with Gasteiger partial charge in [-0.15, -0.1) is 0 Å². The van der Waals surface area contributed by atoms with Crippen molar-refractivity contribution in [3.05, 3.63) is 63.0 Å². The van der Waals surface area contributed by atoms with Crippen molar-refractivity contribution in [3.63, 3.8) is 0 Å². The SMILES string of the molecule is CCCn1nc(C(=O)NCC(c2ccccc2Cl)N(C)C)ccc1=O. The minimum absolute atomic E-state index is 0.0702. The fraction of sp³-hybridized carbons (Fsp3) is 0.389. The standard InChI is InChI=1S/C18H23ClN4O2/c1-4-11-23-17(24)10-9-15(21-23)18(25)20-12-16(22(2)3)13-7-5-6-8-14(13)19/h5-10,16H,4,11-12H2,1-3H3,(H,20,25). The number of hydrogen-bond acceptors (Lipinski definition) is 4. The quantitative estimate of drug-likeness (QED) is 0.821. The van der Waals surface area contributed by atoms with Gasteiger partial charge < -0.3 is 10.2 Å². The zero-order chi connectivity index (χ0) is 18.4. The molecule has 0 fully saturated rings. The van der Waals surface area contributed by atoms with Crippen LogP contribution in [-0.2, 0) is 6.54 Å². The minimum atomic E-state index is -0.316. The molecule has 1 unspecified atom stereocenters. The van der Waals surface area contributed by atoms with Crippen molar-refractivity contribution in [3.8, 4) is 0 Å². The number of hydrogen-bond donors (Lipinski definition) is 1. The van der Waals surface area contributed by atoms with Crippen LogP contribution in [0.2, 0.25) is 5.02 Å². The summed E-state index contributed by atoms with van der Waals surface area (Å²) in [6, 6.07) is 10.3. The van der Waals surface area contributed by atoms with Gasteiger partial charge >= 0.3 is 0 Å².